The number of carbonyl (C=O) groups excluding carboxylic acids is 3. The van der Waals surface area contributed by atoms with Crippen LogP contribution in [-0.4, -0.2) is 44.1 Å². The first-order chi connectivity index (χ1) is 12.5. The van der Waals surface area contributed by atoms with Crippen LogP contribution in [0, 0.1) is 17.8 Å². The van der Waals surface area contributed by atoms with Gasteiger partial charge in [-0.25, -0.2) is 0 Å². The predicted octanol–water partition coefficient (Wildman–Crippen LogP) is 1.31. The van der Waals surface area contributed by atoms with E-state index in [1.54, 1.807) is 20.8 Å². The monoisotopic (exact) mass is 596 g/mol. The molecule has 0 aliphatic heterocycles. The number of carbonyl (C=O) groups is 3. The van der Waals surface area contributed by atoms with Crippen LogP contribution in [0.2, 0.25) is 0 Å². The van der Waals surface area contributed by atoms with Gasteiger partial charge in [0, 0.05) is 17.9 Å². The SMILES string of the molecule is CCCCC(C)C(=O)[O-].CCCCC(C)C(=O)[O-].CCCCC(C)C(=O)[O-].[Bi+3]. The van der Waals surface area contributed by atoms with Crippen molar-refractivity contribution in [3.05, 3.63) is 0 Å². The summed E-state index contributed by atoms with van der Waals surface area (Å²) in [7, 11) is 0. The van der Waals surface area contributed by atoms with Gasteiger partial charge < -0.3 is 29.7 Å². The number of hydrogen-bond acceptors (Lipinski definition) is 6. The maximum Gasteiger partial charge on any atom is 3.00 e. The van der Waals surface area contributed by atoms with Gasteiger partial charge in [0.1, 0.15) is 0 Å². The predicted molar refractivity (Wildman–Crippen MR) is 107 cm³/mol. The quantitative estimate of drug-likeness (QED) is 0.314. The third kappa shape index (κ3) is 27.5. The first kappa shape index (κ1) is 34.8. The zero-order valence-electron chi connectivity index (χ0n) is 18.5. The Morgan fingerprint density at radius 3 is 0.857 bits per heavy atom. The van der Waals surface area contributed by atoms with Gasteiger partial charge in [-0.3, -0.25) is 0 Å². The third-order valence-corrected chi connectivity index (χ3v) is 4.18. The molecule has 0 aromatic heterocycles. The first-order valence-electron chi connectivity index (χ1n) is 10.2. The molecule has 0 aliphatic carbocycles. The zero-order valence-corrected chi connectivity index (χ0v) is 22.0. The summed E-state index contributed by atoms with van der Waals surface area (Å²) in [5, 5.41) is 30.3. The molecular formula is C21H39BiO6. The molecule has 0 N–H and O–H groups in total. The maximum absolute atomic E-state index is 10.1. The minimum atomic E-state index is -0.927. The van der Waals surface area contributed by atoms with Gasteiger partial charge in [0.2, 0.25) is 0 Å². The van der Waals surface area contributed by atoms with Gasteiger partial charge in [-0.2, -0.15) is 0 Å². The Morgan fingerprint density at radius 1 is 0.571 bits per heavy atom. The van der Waals surface area contributed by atoms with Crippen LogP contribution in [0.4, 0.5) is 0 Å². The molecule has 0 fully saturated rings. The molecule has 0 saturated carbocycles. The summed E-state index contributed by atoms with van der Waals surface area (Å²) >= 11 is 0. The maximum atomic E-state index is 10.1. The van der Waals surface area contributed by atoms with Crippen LogP contribution in [0.3, 0.4) is 0 Å². The molecule has 3 atom stereocenters. The van der Waals surface area contributed by atoms with Crippen molar-refractivity contribution in [3.8, 4) is 0 Å². The summed E-state index contributed by atoms with van der Waals surface area (Å²) in [5.41, 5.74) is 0. The summed E-state index contributed by atoms with van der Waals surface area (Å²) in [6.45, 7) is 11.2. The normalized spacial score (nSPS) is 12.6. The molecule has 6 nitrogen and oxygen atoms in total. The summed E-state index contributed by atoms with van der Waals surface area (Å²) in [5.74, 6) is -3.60. The largest absolute Gasteiger partial charge is 3.00 e. The molecular weight excluding hydrogens is 557 g/mol. The van der Waals surface area contributed by atoms with Crippen molar-refractivity contribution in [2.75, 3.05) is 0 Å². The minimum Gasteiger partial charge on any atom is -0.550 e. The molecule has 0 rings (SSSR count). The van der Waals surface area contributed by atoms with Crippen molar-refractivity contribution in [2.24, 2.45) is 17.8 Å². The van der Waals surface area contributed by atoms with Crippen molar-refractivity contribution >= 4 is 44.1 Å². The Kier molecular flexibility index (Phi) is 30.2. The smallest absolute Gasteiger partial charge is 0.550 e. The zero-order chi connectivity index (χ0) is 21.8. The average Bonchev–Trinajstić information content (AvgIpc) is 2.62. The van der Waals surface area contributed by atoms with E-state index >= 15 is 0 Å². The Bertz CT molecular complexity index is 330. The molecule has 0 aromatic rings. The molecule has 0 heterocycles. The molecule has 28 heavy (non-hydrogen) atoms. The molecule has 2 radical (unpaired) electrons. The molecule has 3 unspecified atom stereocenters. The number of aliphatic carboxylic acids is 3. The van der Waals surface area contributed by atoms with Gasteiger partial charge in [0.15, 0.2) is 0 Å². The molecule has 0 bridgehead atoms. The van der Waals surface area contributed by atoms with Gasteiger partial charge in [-0.1, -0.05) is 80.1 Å². The summed E-state index contributed by atoms with van der Waals surface area (Å²) in [6, 6.07) is 0. The van der Waals surface area contributed by atoms with E-state index in [2.05, 4.69) is 0 Å². The number of rotatable bonds is 12. The van der Waals surface area contributed by atoms with Crippen LogP contribution >= 0.6 is 0 Å². The van der Waals surface area contributed by atoms with E-state index in [9.17, 15) is 29.7 Å². The molecule has 0 amide bonds. The number of unbranched alkanes of at least 4 members (excludes halogenated alkanes) is 3. The number of carboxylic acids is 3. The van der Waals surface area contributed by atoms with E-state index in [-0.39, 0.29) is 44.0 Å². The van der Waals surface area contributed by atoms with E-state index in [1.165, 1.54) is 0 Å². The Balaban J connectivity index is -0.000000152. The van der Waals surface area contributed by atoms with E-state index in [0.29, 0.717) is 0 Å². The van der Waals surface area contributed by atoms with Crippen molar-refractivity contribution in [2.45, 2.75) is 99.3 Å². The van der Waals surface area contributed by atoms with E-state index in [4.69, 9.17) is 0 Å². The number of hydrogen-bond donors (Lipinski definition) is 0. The van der Waals surface area contributed by atoms with Crippen LogP contribution in [0.1, 0.15) is 99.3 Å². The Hall–Kier alpha value is -0.707. The summed E-state index contributed by atoms with van der Waals surface area (Å²) in [6.07, 6.45) is 8.35. The van der Waals surface area contributed by atoms with E-state index in [0.717, 1.165) is 57.8 Å². The van der Waals surface area contributed by atoms with Gasteiger partial charge >= 0.3 is 26.2 Å². The van der Waals surface area contributed by atoms with E-state index < -0.39 is 17.9 Å². The fraction of sp³-hybridized carbons (Fsp3) is 0.857. The van der Waals surface area contributed by atoms with Gasteiger partial charge in [-0.05, 0) is 37.0 Å². The third-order valence-electron chi connectivity index (χ3n) is 4.18. The van der Waals surface area contributed by atoms with Gasteiger partial charge in [-0.15, -0.1) is 0 Å². The fourth-order valence-corrected chi connectivity index (χ4v) is 1.88. The first-order valence-corrected chi connectivity index (χ1v) is 10.2. The van der Waals surface area contributed by atoms with Crippen LogP contribution in [0.25, 0.3) is 0 Å². The van der Waals surface area contributed by atoms with Crippen molar-refractivity contribution in [1.29, 1.82) is 0 Å². The second-order valence-electron chi connectivity index (χ2n) is 7.09. The number of carboxylic acid groups (broad SMARTS) is 3. The summed E-state index contributed by atoms with van der Waals surface area (Å²) < 4.78 is 0. The molecule has 0 spiro atoms. The van der Waals surface area contributed by atoms with Gasteiger partial charge in [0.25, 0.3) is 0 Å². The minimum absolute atomic E-state index is 0. The topological polar surface area (TPSA) is 120 Å². The van der Waals surface area contributed by atoms with Crippen molar-refractivity contribution in [3.63, 3.8) is 0 Å². The summed E-state index contributed by atoms with van der Waals surface area (Å²) in [4.78, 5) is 30.3. The second-order valence-corrected chi connectivity index (χ2v) is 7.09. The van der Waals surface area contributed by atoms with Crippen LogP contribution in [0.15, 0.2) is 0 Å². The van der Waals surface area contributed by atoms with Crippen LogP contribution in [0.5, 0.6) is 0 Å². The van der Waals surface area contributed by atoms with Crippen molar-refractivity contribution in [1.82, 2.24) is 0 Å². The molecule has 7 heteroatoms. The van der Waals surface area contributed by atoms with Crippen molar-refractivity contribution < 1.29 is 29.7 Å². The molecule has 0 aromatic carbocycles. The second kappa shape index (κ2) is 24.3. The molecule has 164 valence electrons. The van der Waals surface area contributed by atoms with Gasteiger partial charge in [0.05, 0.1) is 0 Å². The fourth-order valence-electron chi connectivity index (χ4n) is 1.88. The van der Waals surface area contributed by atoms with Crippen LogP contribution in [-0.2, 0) is 14.4 Å². The molecule has 0 saturated heterocycles. The molecule has 0 aliphatic rings. The Labute approximate surface area is 190 Å². The average molecular weight is 597 g/mol. The van der Waals surface area contributed by atoms with Crippen LogP contribution < -0.4 is 15.3 Å². The van der Waals surface area contributed by atoms with E-state index in [1.807, 2.05) is 20.8 Å². The Morgan fingerprint density at radius 2 is 0.750 bits per heavy atom. The standard InChI is InChI=1S/3C7H14O2.Bi/c3*1-3-4-5-6(2)7(8)9;/h3*6H,3-5H2,1-2H3,(H,8,9);/q;;;+3/p-3.